The molecule has 7 nitrogen and oxygen atoms in total. The number of ketones is 1. The number of nitrogens with zero attached hydrogens (tertiary/aromatic N) is 2. The smallest absolute Gasteiger partial charge is 0.325 e. The minimum Gasteiger partial charge on any atom is -0.493 e. The number of halogens is 1. The molecule has 1 fully saturated rings. The van der Waals surface area contributed by atoms with Gasteiger partial charge in [-0.25, -0.2) is 9.18 Å². The number of urea groups is 1. The molecular weight excluding hydrogens is 425 g/mol. The second-order valence-electron chi connectivity index (χ2n) is 8.34. The first-order chi connectivity index (χ1) is 15.8. The average Bonchev–Trinajstić information content (AvgIpc) is 3.22. The Morgan fingerprint density at radius 2 is 1.91 bits per heavy atom. The van der Waals surface area contributed by atoms with Crippen molar-refractivity contribution in [3.8, 4) is 11.4 Å². The van der Waals surface area contributed by atoms with Gasteiger partial charge in [-0.1, -0.05) is 24.3 Å². The van der Waals surface area contributed by atoms with Crippen LogP contribution in [0.2, 0.25) is 0 Å². The molecule has 5 rings (SSSR count). The van der Waals surface area contributed by atoms with Crippen LogP contribution in [-0.2, 0) is 10.3 Å². The highest BCUT2D eigenvalue weighted by molar-refractivity contribution is 6.12. The topological polar surface area (TPSA) is 80.6 Å². The van der Waals surface area contributed by atoms with Crippen LogP contribution in [0.5, 0.6) is 5.75 Å². The minimum atomic E-state index is -1.23. The number of rotatable bonds is 4. The second-order valence-corrected chi connectivity index (χ2v) is 8.34. The summed E-state index contributed by atoms with van der Waals surface area (Å²) < 4.78 is 21.2. The Morgan fingerprint density at radius 3 is 2.70 bits per heavy atom. The van der Waals surface area contributed by atoms with Crippen molar-refractivity contribution in [3.63, 3.8) is 0 Å². The van der Waals surface area contributed by atoms with E-state index in [1.807, 2.05) is 6.92 Å². The largest absolute Gasteiger partial charge is 0.493 e. The van der Waals surface area contributed by atoms with Crippen molar-refractivity contribution < 1.29 is 23.5 Å². The summed E-state index contributed by atoms with van der Waals surface area (Å²) in [7, 11) is 0. The van der Waals surface area contributed by atoms with E-state index in [1.54, 1.807) is 54.0 Å². The van der Waals surface area contributed by atoms with Crippen LogP contribution < -0.4 is 10.1 Å². The number of carbonyl (C=O) groups excluding carboxylic acids is 3. The number of hydrogen-bond acceptors (Lipinski definition) is 4. The fourth-order valence-corrected chi connectivity index (χ4v) is 4.80. The van der Waals surface area contributed by atoms with Crippen LogP contribution in [-0.4, -0.2) is 40.3 Å². The monoisotopic (exact) mass is 447 g/mol. The molecule has 1 aromatic heterocycles. The zero-order chi connectivity index (χ0) is 23.3. The van der Waals surface area contributed by atoms with Gasteiger partial charge in [0.1, 0.15) is 11.6 Å². The van der Waals surface area contributed by atoms with E-state index in [1.165, 1.54) is 12.1 Å². The Morgan fingerprint density at radius 1 is 1.12 bits per heavy atom. The predicted octanol–water partition coefficient (Wildman–Crippen LogP) is 3.65. The van der Waals surface area contributed by atoms with Gasteiger partial charge >= 0.3 is 6.03 Å². The number of Topliss-reactive ketones (excluding diaryl/α,β-unsaturated/α-hetero) is 1. The van der Waals surface area contributed by atoms with E-state index in [2.05, 4.69) is 5.32 Å². The average molecular weight is 447 g/mol. The summed E-state index contributed by atoms with van der Waals surface area (Å²) in [6, 6.07) is 14.3. The van der Waals surface area contributed by atoms with Crippen molar-refractivity contribution >= 4 is 17.7 Å². The summed E-state index contributed by atoms with van der Waals surface area (Å²) in [6.45, 7) is 3.46. The lowest BCUT2D eigenvalue weighted by atomic mass is 9.84. The Bertz CT molecular complexity index is 1310. The number of aromatic nitrogens is 1. The van der Waals surface area contributed by atoms with E-state index in [9.17, 15) is 18.8 Å². The first kappa shape index (κ1) is 20.9. The number of imide groups is 1. The molecule has 2 aliphatic heterocycles. The van der Waals surface area contributed by atoms with Gasteiger partial charge in [-0.15, -0.1) is 0 Å². The van der Waals surface area contributed by atoms with Gasteiger partial charge in [0.15, 0.2) is 11.3 Å². The van der Waals surface area contributed by atoms with Crippen molar-refractivity contribution in [1.82, 2.24) is 14.8 Å². The molecule has 33 heavy (non-hydrogen) atoms. The van der Waals surface area contributed by atoms with Crippen LogP contribution in [0.25, 0.3) is 5.69 Å². The van der Waals surface area contributed by atoms with Crippen LogP contribution in [0.3, 0.4) is 0 Å². The molecule has 0 aliphatic carbocycles. The van der Waals surface area contributed by atoms with Gasteiger partial charge in [0, 0.05) is 34.6 Å². The first-order valence-electron chi connectivity index (χ1n) is 10.7. The SMILES string of the molecule is Cc1cc(C(=O)CN2C(=O)N[C@@]3(CCOc4ccccc43)C2=O)c(C)n1-c1cccc(F)c1. The molecule has 8 heteroatoms. The summed E-state index contributed by atoms with van der Waals surface area (Å²) in [5.41, 5.74) is 1.69. The number of carbonyl (C=O) groups is 3. The van der Waals surface area contributed by atoms with Crippen molar-refractivity contribution in [1.29, 1.82) is 0 Å². The Hall–Kier alpha value is -3.94. The summed E-state index contributed by atoms with van der Waals surface area (Å²) in [6.07, 6.45) is 0.285. The third-order valence-electron chi connectivity index (χ3n) is 6.36. The van der Waals surface area contributed by atoms with Gasteiger partial charge in [0.25, 0.3) is 5.91 Å². The Kier molecular flexibility index (Phi) is 4.81. The highest BCUT2D eigenvalue weighted by Gasteiger charge is 2.55. The maximum absolute atomic E-state index is 13.7. The molecular formula is C25H22FN3O4. The number of para-hydroxylation sites is 1. The van der Waals surface area contributed by atoms with Gasteiger partial charge in [-0.3, -0.25) is 14.5 Å². The van der Waals surface area contributed by atoms with E-state index >= 15 is 0 Å². The van der Waals surface area contributed by atoms with Crippen LogP contribution >= 0.6 is 0 Å². The van der Waals surface area contributed by atoms with Gasteiger partial charge in [-0.05, 0) is 44.2 Å². The summed E-state index contributed by atoms with van der Waals surface area (Å²) in [4.78, 5) is 40.4. The normalized spacial score (nSPS) is 19.4. The van der Waals surface area contributed by atoms with E-state index in [-0.39, 0.29) is 31.2 Å². The number of ether oxygens (including phenoxy) is 1. The first-order valence-corrected chi connectivity index (χ1v) is 10.7. The van der Waals surface area contributed by atoms with Gasteiger partial charge in [-0.2, -0.15) is 0 Å². The van der Waals surface area contributed by atoms with Crippen molar-refractivity contribution in [2.45, 2.75) is 25.8 Å². The molecule has 2 aliphatic rings. The number of nitrogens with one attached hydrogen (secondary N) is 1. The minimum absolute atomic E-state index is 0.277. The zero-order valence-corrected chi connectivity index (χ0v) is 18.2. The lowest BCUT2D eigenvalue weighted by Gasteiger charge is -2.33. The third-order valence-corrected chi connectivity index (χ3v) is 6.36. The third kappa shape index (κ3) is 3.21. The molecule has 3 heterocycles. The molecule has 3 amide bonds. The maximum atomic E-state index is 13.7. The number of amides is 3. The van der Waals surface area contributed by atoms with E-state index in [4.69, 9.17) is 4.74 Å². The van der Waals surface area contributed by atoms with E-state index in [0.29, 0.717) is 28.3 Å². The lowest BCUT2D eigenvalue weighted by molar-refractivity contribution is -0.132. The molecule has 3 aromatic rings. The molecule has 0 bridgehead atoms. The molecule has 1 N–H and O–H groups in total. The van der Waals surface area contributed by atoms with Crippen LogP contribution in [0.1, 0.15) is 33.7 Å². The standard InChI is InChI=1S/C25H22FN3O4/c1-15-12-19(16(2)29(15)18-7-5-6-17(26)13-18)21(30)14-28-23(31)25(27-24(28)32)10-11-33-22-9-4-3-8-20(22)25/h3-9,12-13H,10-11,14H2,1-2H3,(H,27,32)/t25-/m1/s1. The lowest BCUT2D eigenvalue weighted by Crippen LogP contribution is -2.47. The predicted molar refractivity (Wildman–Crippen MR) is 118 cm³/mol. The summed E-state index contributed by atoms with van der Waals surface area (Å²) in [5.74, 6) is -0.666. The van der Waals surface area contributed by atoms with Gasteiger partial charge < -0.3 is 14.6 Å². The quantitative estimate of drug-likeness (QED) is 0.489. The number of hydrogen-bond donors (Lipinski definition) is 1. The Balaban J connectivity index is 1.44. The number of fused-ring (bicyclic) bond motifs is 2. The molecule has 168 valence electrons. The van der Waals surface area contributed by atoms with Crippen molar-refractivity contribution in [2.24, 2.45) is 0 Å². The highest BCUT2D eigenvalue weighted by atomic mass is 19.1. The fourth-order valence-electron chi connectivity index (χ4n) is 4.80. The van der Waals surface area contributed by atoms with Crippen LogP contribution in [0.4, 0.5) is 9.18 Å². The second kappa shape index (κ2) is 7.58. The van der Waals surface area contributed by atoms with E-state index in [0.717, 1.165) is 10.6 Å². The van der Waals surface area contributed by atoms with Crippen molar-refractivity contribution in [2.75, 3.05) is 13.2 Å². The molecule has 1 atom stereocenters. The van der Waals surface area contributed by atoms with Crippen LogP contribution in [0, 0.1) is 19.7 Å². The Labute approximate surface area is 189 Å². The fraction of sp³-hybridized carbons (Fsp3) is 0.240. The van der Waals surface area contributed by atoms with Crippen LogP contribution in [0.15, 0.2) is 54.6 Å². The maximum Gasteiger partial charge on any atom is 0.325 e. The van der Waals surface area contributed by atoms with Gasteiger partial charge in [0.05, 0.1) is 13.2 Å². The summed E-state index contributed by atoms with van der Waals surface area (Å²) in [5, 5.41) is 2.80. The van der Waals surface area contributed by atoms with E-state index < -0.39 is 17.5 Å². The van der Waals surface area contributed by atoms with Gasteiger partial charge in [0.2, 0.25) is 0 Å². The van der Waals surface area contributed by atoms with Crippen molar-refractivity contribution in [3.05, 3.63) is 82.9 Å². The highest BCUT2D eigenvalue weighted by Crippen LogP contribution is 2.41. The molecule has 1 saturated heterocycles. The molecule has 1 spiro atoms. The molecule has 0 saturated carbocycles. The summed E-state index contributed by atoms with van der Waals surface area (Å²) >= 11 is 0. The molecule has 0 unspecified atom stereocenters. The number of benzene rings is 2. The molecule has 0 radical (unpaired) electrons. The molecule has 2 aromatic carbocycles. The number of aryl methyl sites for hydroxylation is 1. The zero-order valence-electron chi connectivity index (χ0n) is 18.2.